The maximum Gasteiger partial charge on any atom is 0.254 e. The van der Waals surface area contributed by atoms with Crippen LogP contribution < -0.4 is 0 Å². The standard InChI is InChI=1S/C29H33FN2O2/c1-20(33)28-19-32(29(34)27-8-4-6-23-5-2-3-7-26(23)27)18-24(28)17-31-15-13-22(14-16-31)21-9-11-25(30)12-10-21/h2-12,20,22,24,28,33H,13-19H2,1H3. The van der Waals surface area contributed by atoms with Crippen LogP contribution in [0.4, 0.5) is 4.39 Å². The lowest BCUT2D eigenvalue weighted by Crippen LogP contribution is -2.40. The second-order valence-electron chi connectivity index (χ2n) is 10.0. The van der Waals surface area contributed by atoms with Crippen molar-refractivity contribution < 1.29 is 14.3 Å². The third kappa shape index (κ3) is 4.73. The highest BCUT2D eigenvalue weighted by atomic mass is 19.1. The summed E-state index contributed by atoms with van der Waals surface area (Å²) in [4.78, 5) is 17.9. The van der Waals surface area contributed by atoms with Gasteiger partial charge in [0.05, 0.1) is 6.10 Å². The van der Waals surface area contributed by atoms with E-state index >= 15 is 0 Å². The highest BCUT2D eigenvalue weighted by Crippen LogP contribution is 2.33. The van der Waals surface area contributed by atoms with Gasteiger partial charge >= 0.3 is 0 Å². The summed E-state index contributed by atoms with van der Waals surface area (Å²) in [5.41, 5.74) is 1.96. The number of hydrogen-bond acceptors (Lipinski definition) is 3. The summed E-state index contributed by atoms with van der Waals surface area (Å²) in [6, 6.07) is 20.8. The summed E-state index contributed by atoms with van der Waals surface area (Å²) in [6.07, 6.45) is 1.65. The highest BCUT2D eigenvalue weighted by molar-refractivity contribution is 6.07. The molecule has 34 heavy (non-hydrogen) atoms. The van der Waals surface area contributed by atoms with Crippen molar-refractivity contribution in [2.24, 2.45) is 11.8 Å². The number of carbonyl (C=O) groups excluding carboxylic acids is 1. The molecule has 0 radical (unpaired) electrons. The van der Waals surface area contributed by atoms with Crippen molar-refractivity contribution in [1.82, 2.24) is 9.80 Å². The number of amides is 1. The number of rotatable bonds is 5. The molecule has 0 spiro atoms. The molecule has 0 bridgehead atoms. The van der Waals surface area contributed by atoms with Crippen LogP contribution in [0.25, 0.3) is 10.8 Å². The van der Waals surface area contributed by atoms with Gasteiger partial charge in [-0.3, -0.25) is 4.79 Å². The molecule has 0 aromatic heterocycles. The third-order valence-electron chi connectivity index (χ3n) is 7.84. The van der Waals surface area contributed by atoms with Gasteiger partial charge in [-0.2, -0.15) is 0 Å². The van der Waals surface area contributed by atoms with Crippen LogP contribution in [0.5, 0.6) is 0 Å². The SMILES string of the molecule is CC(O)C1CN(C(=O)c2cccc3ccccc23)CC1CN1CCC(c2ccc(F)cc2)CC1. The number of likely N-dealkylation sites (tertiary alicyclic amines) is 2. The normalized spacial score (nSPS) is 22.9. The third-order valence-corrected chi connectivity index (χ3v) is 7.84. The fourth-order valence-corrected chi connectivity index (χ4v) is 5.90. The van der Waals surface area contributed by atoms with Crippen molar-refractivity contribution in [3.05, 3.63) is 83.7 Å². The van der Waals surface area contributed by atoms with E-state index in [1.54, 1.807) is 12.1 Å². The maximum absolute atomic E-state index is 13.5. The molecule has 0 saturated carbocycles. The first-order chi connectivity index (χ1) is 16.5. The number of aliphatic hydroxyl groups excluding tert-OH is 1. The van der Waals surface area contributed by atoms with Gasteiger partial charge in [-0.15, -0.1) is 0 Å². The van der Waals surface area contributed by atoms with Crippen molar-refractivity contribution in [3.8, 4) is 0 Å². The fraction of sp³-hybridized carbons (Fsp3) is 0.414. The zero-order valence-corrected chi connectivity index (χ0v) is 19.7. The molecule has 5 heteroatoms. The second kappa shape index (κ2) is 9.85. The Bertz CT molecular complexity index is 1130. The number of benzene rings is 3. The van der Waals surface area contributed by atoms with Crippen molar-refractivity contribution in [2.45, 2.75) is 31.8 Å². The zero-order valence-electron chi connectivity index (χ0n) is 19.7. The molecule has 2 heterocycles. The van der Waals surface area contributed by atoms with Crippen molar-refractivity contribution >= 4 is 16.7 Å². The van der Waals surface area contributed by atoms with Crippen molar-refractivity contribution in [2.75, 3.05) is 32.7 Å². The summed E-state index contributed by atoms with van der Waals surface area (Å²) in [6.45, 7) is 5.99. The van der Waals surface area contributed by atoms with E-state index in [0.717, 1.165) is 48.8 Å². The van der Waals surface area contributed by atoms with E-state index in [-0.39, 0.29) is 23.6 Å². The first kappa shape index (κ1) is 23.0. The molecular formula is C29H33FN2O2. The number of piperidine rings is 1. The molecule has 2 aliphatic rings. The van der Waals surface area contributed by atoms with E-state index < -0.39 is 6.10 Å². The van der Waals surface area contributed by atoms with Crippen LogP contribution in [0.2, 0.25) is 0 Å². The smallest absolute Gasteiger partial charge is 0.254 e. The van der Waals surface area contributed by atoms with E-state index in [4.69, 9.17) is 0 Å². The minimum atomic E-state index is -0.452. The van der Waals surface area contributed by atoms with Crippen LogP contribution in [0.15, 0.2) is 66.7 Å². The molecule has 3 aromatic rings. The quantitative estimate of drug-likeness (QED) is 0.587. The Morgan fingerprint density at radius 2 is 1.71 bits per heavy atom. The van der Waals surface area contributed by atoms with E-state index in [1.165, 1.54) is 5.56 Å². The second-order valence-corrected chi connectivity index (χ2v) is 10.0. The highest BCUT2D eigenvalue weighted by Gasteiger charge is 2.39. The summed E-state index contributed by atoms with van der Waals surface area (Å²) in [7, 11) is 0. The molecule has 178 valence electrons. The summed E-state index contributed by atoms with van der Waals surface area (Å²) in [5, 5.41) is 12.6. The summed E-state index contributed by atoms with van der Waals surface area (Å²) < 4.78 is 13.3. The van der Waals surface area contributed by atoms with Gasteiger partial charge in [0, 0.05) is 31.1 Å². The van der Waals surface area contributed by atoms with Gasteiger partial charge in [-0.05, 0) is 79.2 Å². The topological polar surface area (TPSA) is 43.8 Å². The Morgan fingerprint density at radius 1 is 1.00 bits per heavy atom. The molecule has 4 nitrogen and oxygen atoms in total. The number of carbonyl (C=O) groups is 1. The Labute approximate surface area is 201 Å². The number of nitrogens with zero attached hydrogens (tertiary/aromatic N) is 2. The Hall–Kier alpha value is -2.76. The van der Waals surface area contributed by atoms with Crippen LogP contribution in [0, 0.1) is 17.7 Å². The van der Waals surface area contributed by atoms with E-state index in [9.17, 15) is 14.3 Å². The van der Waals surface area contributed by atoms with E-state index in [1.807, 2.05) is 66.4 Å². The molecule has 2 fully saturated rings. The van der Waals surface area contributed by atoms with E-state index in [0.29, 0.717) is 19.0 Å². The number of hydrogen-bond donors (Lipinski definition) is 1. The molecule has 1 amide bonds. The fourth-order valence-electron chi connectivity index (χ4n) is 5.90. The number of aliphatic hydroxyl groups is 1. The van der Waals surface area contributed by atoms with Crippen LogP contribution in [-0.2, 0) is 0 Å². The predicted octanol–water partition coefficient (Wildman–Crippen LogP) is 4.93. The number of fused-ring (bicyclic) bond motifs is 1. The van der Waals surface area contributed by atoms with Gasteiger partial charge in [0.25, 0.3) is 5.91 Å². The van der Waals surface area contributed by atoms with Gasteiger partial charge in [0.1, 0.15) is 5.82 Å². The van der Waals surface area contributed by atoms with Gasteiger partial charge in [-0.25, -0.2) is 4.39 Å². The molecular weight excluding hydrogens is 427 g/mol. The largest absolute Gasteiger partial charge is 0.393 e. The Kier molecular flexibility index (Phi) is 6.66. The predicted molar refractivity (Wildman–Crippen MR) is 133 cm³/mol. The monoisotopic (exact) mass is 460 g/mol. The first-order valence-corrected chi connectivity index (χ1v) is 12.4. The van der Waals surface area contributed by atoms with Gasteiger partial charge in [-0.1, -0.05) is 48.5 Å². The average molecular weight is 461 g/mol. The molecule has 1 N–H and O–H groups in total. The average Bonchev–Trinajstić information content (AvgIpc) is 3.28. The lowest BCUT2D eigenvalue weighted by molar-refractivity contribution is 0.0758. The lowest BCUT2D eigenvalue weighted by Gasteiger charge is -2.35. The molecule has 3 atom stereocenters. The van der Waals surface area contributed by atoms with Crippen LogP contribution in [-0.4, -0.2) is 59.6 Å². The minimum Gasteiger partial charge on any atom is -0.393 e. The van der Waals surface area contributed by atoms with Crippen LogP contribution in [0.1, 0.15) is 41.6 Å². The van der Waals surface area contributed by atoms with Crippen molar-refractivity contribution in [1.29, 1.82) is 0 Å². The molecule has 5 rings (SSSR count). The maximum atomic E-state index is 13.5. The molecule has 2 saturated heterocycles. The van der Waals surface area contributed by atoms with Crippen LogP contribution >= 0.6 is 0 Å². The van der Waals surface area contributed by atoms with E-state index in [2.05, 4.69) is 4.90 Å². The zero-order chi connectivity index (χ0) is 23.7. The minimum absolute atomic E-state index is 0.0555. The lowest BCUT2D eigenvalue weighted by atomic mass is 9.87. The molecule has 2 aliphatic heterocycles. The summed E-state index contributed by atoms with van der Waals surface area (Å²) >= 11 is 0. The first-order valence-electron chi connectivity index (χ1n) is 12.4. The molecule has 3 aromatic carbocycles. The van der Waals surface area contributed by atoms with Gasteiger partial charge < -0.3 is 14.9 Å². The van der Waals surface area contributed by atoms with Crippen molar-refractivity contribution in [3.63, 3.8) is 0 Å². The number of halogens is 1. The van der Waals surface area contributed by atoms with Gasteiger partial charge in [0.2, 0.25) is 0 Å². The van der Waals surface area contributed by atoms with Gasteiger partial charge in [0.15, 0.2) is 0 Å². The summed E-state index contributed by atoms with van der Waals surface area (Å²) in [5.74, 6) is 0.668. The molecule has 3 unspecified atom stereocenters. The molecule has 0 aliphatic carbocycles. The Balaban J connectivity index is 1.24. The Morgan fingerprint density at radius 3 is 2.44 bits per heavy atom. The van der Waals surface area contributed by atoms with Crippen LogP contribution in [0.3, 0.4) is 0 Å².